The van der Waals surface area contributed by atoms with Crippen molar-refractivity contribution in [1.29, 1.82) is 0 Å². The zero-order valence-corrected chi connectivity index (χ0v) is 11.7. The topological polar surface area (TPSA) is 59.3 Å². The molecule has 0 atom stereocenters. The van der Waals surface area contributed by atoms with E-state index in [1.165, 1.54) is 18.2 Å². The van der Waals surface area contributed by atoms with Gasteiger partial charge in [0.1, 0.15) is 17.2 Å². The fourth-order valence-electron chi connectivity index (χ4n) is 2.01. The summed E-state index contributed by atoms with van der Waals surface area (Å²) < 4.78 is 45.1. The summed E-state index contributed by atoms with van der Waals surface area (Å²) in [5.74, 6) is -0.0993. The second-order valence-corrected chi connectivity index (χ2v) is 6.30. The van der Waals surface area contributed by atoms with E-state index in [1.807, 2.05) is 18.2 Å². The van der Waals surface area contributed by atoms with Gasteiger partial charge >= 0.3 is 0 Å². The van der Waals surface area contributed by atoms with Crippen LogP contribution in [0.1, 0.15) is 5.76 Å². The minimum absolute atomic E-state index is 0.00747. The SMILES string of the molecule is O=S(=O)(NCc1cc2ccccc2o1)c1cccc(F)c1. The molecule has 0 radical (unpaired) electrons. The first-order valence-corrected chi connectivity index (χ1v) is 7.76. The third kappa shape index (κ3) is 2.96. The van der Waals surface area contributed by atoms with Gasteiger partial charge in [-0.3, -0.25) is 0 Å². The van der Waals surface area contributed by atoms with E-state index in [-0.39, 0.29) is 11.4 Å². The molecule has 0 amide bonds. The number of fused-ring (bicyclic) bond motifs is 1. The molecule has 3 aromatic rings. The van der Waals surface area contributed by atoms with Crippen molar-refractivity contribution in [3.05, 3.63) is 66.2 Å². The first-order valence-electron chi connectivity index (χ1n) is 6.27. The molecule has 0 unspecified atom stereocenters. The Hall–Kier alpha value is -2.18. The quantitative estimate of drug-likeness (QED) is 0.806. The fraction of sp³-hybridized carbons (Fsp3) is 0.0667. The van der Waals surface area contributed by atoms with E-state index in [9.17, 15) is 12.8 Å². The van der Waals surface area contributed by atoms with Gasteiger partial charge in [-0.25, -0.2) is 17.5 Å². The van der Waals surface area contributed by atoms with E-state index in [1.54, 1.807) is 12.1 Å². The number of rotatable bonds is 4. The highest BCUT2D eigenvalue weighted by molar-refractivity contribution is 7.89. The molecule has 0 spiro atoms. The van der Waals surface area contributed by atoms with E-state index in [0.29, 0.717) is 11.3 Å². The molecule has 2 aromatic carbocycles. The minimum Gasteiger partial charge on any atom is -0.460 e. The van der Waals surface area contributed by atoms with Crippen LogP contribution in [0.5, 0.6) is 0 Å². The Morgan fingerprint density at radius 3 is 2.62 bits per heavy atom. The van der Waals surface area contributed by atoms with Crippen molar-refractivity contribution >= 4 is 21.0 Å². The molecule has 4 nitrogen and oxygen atoms in total. The molecule has 0 aliphatic carbocycles. The number of hydrogen-bond donors (Lipinski definition) is 1. The number of benzene rings is 2. The maximum absolute atomic E-state index is 13.1. The van der Waals surface area contributed by atoms with E-state index >= 15 is 0 Å². The molecule has 0 fully saturated rings. The fourth-order valence-corrected chi connectivity index (χ4v) is 3.03. The highest BCUT2D eigenvalue weighted by Gasteiger charge is 2.15. The molecule has 6 heteroatoms. The Kier molecular flexibility index (Phi) is 3.48. The third-order valence-corrected chi connectivity index (χ3v) is 4.42. The summed E-state index contributed by atoms with van der Waals surface area (Å²) in [5, 5.41) is 0.900. The van der Waals surface area contributed by atoms with Crippen LogP contribution in [-0.2, 0) is 16.6 Å². The molecule has 108 valence electrons. The molecule has 1 heterocycles. The van der Waals surface area contributed by atoms with Gasteiger partial charge in [-0.2, -0.15) is 0 Å². The van der Waals surface area contributed by atoms with Crippen LogP contribution in [0, 0.1) is 5.82 Å². The van der Waals surface area contributed by atoms with Crippen molar-refractivity contribution < 1.29 is 17.2 Å². The van der Waals surface area contributed by atoms with E-state index < -0.39 is 15.8 Å². The van der Waals surface area contributed by atoms with Crippen molar-refractivity contribution in [1.82, 2.24) is 4.72 Å². The zero-order valence-electron chi connectivity index (χ0n) is 10.9. The number of para-hydroxylation sites is 1. The molecular weight excluding hydrogens is 293 g/mol. The molecule has 21 heavy (non-hydrogen) atoms. The molecule has 1 N–H and O–H groups in total. The Morgan fingerprint density at radius 2 is 1.86 bits per heavy atom. The van der Waals surface area contributed by atoms with Crippen LogP contribution in [0.2, 0.25) is 0 Å². The smallest absolute Gasteiger partial charge is 0.241 e. The van der Waals surface area contributed by atoms with Gasteiger partial charge in [0, 0.05) is 5.39 Å². The van der Waals surface area contributed by atoms with Crippen LogP contribution in [0.25, 0.3) is 11.0 Å². The first-order chi connectivity index (χ1) is 10.0. The van der Waals surface area contributed by atoms with Crippen molar-refractivity contribution in [2.45, 2.75) is 11.4 Å². The Balaban J connectivity index is 1.80. The lowest BCUT2D eigenvalue weighted by Gasteiger charge is -2.05. The molecule has 0 saturated carbocycles. The predicted octanol–water partition coefficient (Wildman–Crippen LogP) is 3.05. The van der Waals surface area contributed by atoms with Crippen LogP contribution < -0.4 is 4.72 Å². The Morgan fingerprint density at radius 1 is 1.05 bits per heavy atom. The molecular formula is C15H12FNO3S. The zero-order chi connectivity index (χ0) is 14.9. The van der Waals surface area contributed by atoms with E-state index in [2.05, 4.69) is 4.72 Å². The number of hydrogen-bond acceptors (Lipinski definition) is 3. The van der Waals surface area contributed by atoms with Crippen LogP contribution in [-0.4, -0.2) is 8.42 Å². The lowest BCUT2D eigenvalue weighted by Crippen LogP contribution is -2.23. The molecule has 1 aromatic heterocycles. The van der Waals surface area contributed by atoms with Crippen LogP contribution in [0.15, 0.2) is 63.9 Å². The summed E-state index contributed by atoms with van der Waals surface area (Å²) in [4.78, 5) is -0.112. The van der Waals surface area contributed by atoms with E-state index in [0.717, 1.165) is 11.5 Å². The minimum atomic E-state index is -3.77. The second-order valence-electron chi connectivity index (χ2n) is 4.53. The van der Waals surface area contributed by atoms with Crippen molar-refractivity contribution in [3.8, 4) is 0 Å². The lowest BCUT2D eigenvalue weighted by molar-refractivity contribution is 0.529. The van der Waals surface area contributed by atoms with Gasteiger partial charge in [0.2, 0.25) is 10.0 Å². The van der Waals surface area contributed by atoms with Crippen LogP contribution in [0.3, 0.4) is 0 Å². The standard InChI is InChI=1S/C15H12FNO3S/c16-12-5-3-6-14(9-12)21(18,19)17-10-13-8-11-4-1-2-7-15(11)20-13/h1-9,17H,10H2. The summed E-state index contributed by atoms with van der Waals surface area (Å²) in [6, 6.07) is 14.0. The van der Waals surface area contributed by atoms with Gasteiger partial charge in [0.15, 0.2) is 0 Å². The average Bonchev–Trinajstić information content (AvgIpc) is 2.88. The van der Waals surface area contributed by atoms with Crippen LogP contribution in [0.4, 0.5) is 4.39 Å². The molecule has 0 aliphatic rings. The molecule has 3 rings (SSSR count). The highest BCUT2D eigenvalue weighted by atomic mass is 32.2. The predicted molar refractivity (Wildman–Crippen MR) is 76.6 cm³/mol. The highest BCUT2D eigenvalue weighted by Crippen LogP contribution is 2.19. The van der Waals surface area contributed by atoms with Gasteiger partial charge in [-0.15, -0.1) is 0 Å². The maximum Gasteiger partial charge on any atom is 0.241 e. The number of nitrogens with one attached hydrogen (secondary N) is 1. The van der Waals surface area contributed by atoms with Gasteiger partial charge in [0.25, 0.3) is 0 Å². The summed E-state index contributed by atoms with van der Waals surface area (Å²) in [5.41, 5.74) is 0.692. The molecule has 0 saturated heterocycles. The lowest BCUT2D eigenvalue weighted by atomic mass is 10.2. The van der Waals surface area contributed by atoms with Crippen molar-refractivity contribution in [2.24, 2.45) is 0 Å². The number of furan rings is 1. The van der Waals surface area contributed by atoms with Gasteiger partial charge in [-0.1, -0.05) is 24.3 Å². The van der Waals surface area contributed by atoms with E-state index in [4.69, 9.17) is 4.42 Å². The first kappa shape index (κ1) is 13.8. The van der Waals surface area contributed by atoms with Gasteiger partial charge in [-0.05, 0) is 30.3 Å². The summed E-state index contributed by atoms with van der Waals surface area (Å²) in [7, 11) is -3.77. The number of sulfonamides is 1. The summed E-state index contributed by atoms with van der Waals surface area (Å²) >= 11 is 0. The monoisotopic (exact) mass is 305 g/mol. The Bertz CT molecular complexity index is 854. The second kappa shape index (κ2) is 5.31. The summed E-state index contributed by atoms with van der Waals surface area (Å²) in [6.45, 7) is 0.00747. The maximum atomic E-state index is 13.1. The average molecular weight is 305 g/mol. The van der Waals surface area contributed by atoms with Crippen molar-refractivity contribution in [3.63, 3.8) is 0 Å². The normalized spacial score (nSPS) is 11.9. The third-order valence-electron chi connectivity index (χ3n) is 3.02. The molecule has 0 bridgehead atoms. The Labute approximate surface area is 121 Å². The largest absolute Gasteiger partial charge is 0.460 e. The number of halogens is 1. The summed E-state index contributed by atoms with van der Waals surface area (Å²) in [6.07, 6.45) is 0. The molecule has 0 aliphatic heterocycles. The van der Waals surface area contributed by atoms with Gasteiger partial charge in [0.05, 0.1) is 11.4 Å². The van der Waals surface area contributed by atoms with Gasteiger partial charge < -0.3 is 4.42 Å². The van der Waals surface area contributed by atoms with Crippen molar-refractivity contribution in [2.75, 3.05) is 0 Å². The van der Waals surface area contributed by atoms with Crippen LogP contribution >= 0.6 is 0 Å².